The molecule has 0 spiro atoms. The second kappa shape index (κ2) is 10.6. The molecular formula is C26H31N5O4. The van der Waals surface area contributed by atoms with Crippen molar-refractivity contribution in [1.82, 2.24) is 9.55 Å². The summed E-state index contributed by atoms with van der Waals surface area (Å²) in [6.07, 6.45) is 5.31. The normalized spacial score (nSPS) is 14.0. The molecule has 1 fully saturated rings. The third-order valence-corrected chi connectivity index (χ3v) is 6.56. The van der Waals surface area contributed by atoms with Gasteiger partial charge < -0.3 is 19.9 Å². The number of rotatable bonds is 8. The lowest BCUT2D eigenvalue weighted by atomic mass is 9.88. The largest absolute Gasteiger partial charge is 0.497 e. The number of primary amides is 1. The van der Waals surface area contributed by atoms with Gasteiger partial charge in [-0.05, 0) is 55.3 Å². The van der Waals surface area contributed by atoms with Crippen LogP contribution in [0.4, 0.5) is 11.6 Å². The first-order chi connectivity index (χ1) is 16.9. The molecule has 0 unspecified atom stereocenters. The van der Waals surface area contributed by atoms with Crippen molar-refractivity contribution in [2.45, 2.75) is 45.1 Å². The van der Waals surface area contributed by atoms with Crippen molar-refractivity contribution in [3.05, 3.63) is 48.0 Å². The van der Waals surface area contributed by atoms with E-state index in [4.69, 9.17) is 10.5 Å². The molecule has 3 amide bonds. The van der Waals surface area contributed by atoms with Gasteiger partial charge in [0.1, 0.15) is 5.75 Å². The lowest BCUT2D eigenvalue weighted by Gasteiger charge is -2.26. The van der Waals surface area contributed by atoms with E-state index in [-0.39, 0.29) is 30.7 Å². The maximum atomic E-state index is 13.0. The summed E-state index contributed by atoms with van der Waals surface area (Å²) < 4.78 is 6.90. The molecule has 1 saturated carbocycles. The number of nitrogens with zero attached hydrogens (tertiary/aromatic N) is 3. The molecule has 1 heterocycles. The van der Waals surface area contributed by atoms with Crippen LogP contribution in [0.25, 0.3) is 11.0 Å². The van der Waals surface area contributed by atoms with E-state index in [1.54, 1.807) is 47.9 Å². The van der Waals surface area contributed by atoms with Gasteiger partial charge in [0.05, 0.1) is 18.1 Å². The van der Waals surface area contributed by atoms with Crippen LogP contribution in [-0.4, -0.2) is 41.4 Å². The number of ether oxygens (including phenoxy) is 1. The monoisotopic (exact) mass is 478 g/mol. The van der Waals surface area contributed by atoms with Gasteiger partial charge in [0.15, 0.2) is 0 Å². The molecule has 0 atom stereocenters. The first-order valence-corrected chi connectivity index (χ1v) is 11.9. The van der Waals surface area contributed by atoms with Crippen molar-refractivity contribution < 1.29 is 19.1 Å². The Balaban J connectivity index is 1.62. The number of benzene rings is 2. The van der Waals surface area contributed by atoms with Crippen molar-refractivity contribution >= 4 is 40.4 Å². The summed E-state index contributed by atoms with van der Waals surface area (Å²) in [6.45, 7) is 0.264. The topological polar surface area (TPSA) is 120 Å². The zero-order valence-electron chi connectivity index (χ0n) is 20.1. The molecule has 1 aliphatic rings. The Morgan fingerprint density at radius 1 is 1.11 bits per heavy atom. The van der Waals surface area contributed by atoms with E-state index >= 15 is 0 Å². The SMILES string of the molecule is CN(C(=O)C1CCCCC1)c1ccc2c(c1)nc(NC(=O)c1ccc(O[13CH3])cc1)n2CCC(N)=O. The molecule has 0 aliphatic heterocycles. The minimum atomic E-state index is -0.450. The highest BCUT2D eigenvalue weighted by atomic mass is 16.5. The first kappa shape index (κ1) is 24.3. The van der Waals surface area contributed by atoms with Gasteiger partial charge in [0.2, 0.25) is 17.8 Å². The molecule has 9 nitrogen and oxygen atoms in total. The standard InChI is InChI=1S/C26H31N5O4/c1-30(25(34)18-6-4-3-5-7-18)19-10-13-22-21(16-19)28-26(31(22)15-14-23(27)32)29-24(33)17-8-11-20(35-2)12-9-17/h8-13,16,18H,3-7,14-15H2,1-2H3,(H2,27,32)(H,28,29,33)/i2+1. The molecule has 3 N–H and O–H groups in total. The predicted octanol–water partition coefficient (Wildman–Crippen LogP) is 3.72. The van der Waals surface area contributed by atoms with Gasteiger partial charge in [-0.1, -0.05) is 19.3 Å². The van der Waals surface area contributed by atoms with E-state index in [1.165, 1.54) is 6.42 Å². The summed E-state index contributed by atoms with van der Waals surface area (Å²) in [7, 11) is 3.35. The van der Waals surface area contributed by atoms with Crippen LogP contribution < -0.4 is 20.7 Å². The Morgan fingerprint density at radius 2 is 1.83 bits per heavy atom. The average Bonchev–Trinajstić information content (AvgIpc) is 3.22. The fraction of sp³-hybridized carbons (Fsp3) is 0.385. The number of methoxy groups -OCH3 is 1. The maximum absolute atomic E-state index is 13.0. The number of hydrogen-bond donors (Lipinski definition) is 2. The second-order valence-electron chi connectivity index (χ2n) is 8.89. The van der Waals surface area contributed by atoms with Crippen LogP contribution in [0.1, 0.15) is 48.9 Å². The fourth-order valence-electron chi connectivity index (χ4n) is 4.54. The summed E-state index contributed by atoms with van der Waals surface area (Å²) in [5, 5.41) is 2.84. The highest BCUT2D eigenvalue weighted by Gasteiger charge is 2.25. The Bertz CT molecular complexity index is 1230. The molecule has 184 valence electrons. The third kappa shape index (κ3) is 5.45. The third-order valence-electron chi connectivity index (χ3n) is 6.56. The number of carbonyl (C=O) groups is 3. The Labute approximate surface area is 204 Å². The minimum absolute atomic E-state index is 0.0527. The van der Waals surface area contributed by atoms with Crippen LogP contribution in [0.5, 0.6) is 5.75 Å². The molecule has 1 aromatic heterocycles. The van der Waals surface area contributed by atoms with Crippen molar-refractivity contribution in [2.24, 2.45) is 11.7 Å². The summed E-state index contributed by atoms with van der Waals surface area (Å²) in [6, 6.07) is 12.3. The summed E-state index contributed by atoms with van der Waals surface area (Å²) >= 11 is 0. The summed E-state index contributed by atoms with van der Waals surface area (Å²) in [4.78, 5) is 43.7. The lowest BCUT2D eigenvalue weighted by Crippen LogP contribution is -2.33. The Hall–Kier alpha value is -3.88. The van der Waals surface area contributed by atoms with Crippen LogP contribution >= 0.6 is 0 Å². The summed E-state index contributed by atoms with van der Waals surface area (Å²) in [5.41, 5.74) is 7.90. The van der Waals surface area contributed by atoms with Gasteiger partial charge in [0, 0.05) is 37.2 Å². The number of aromatic nitrogens is 2. The number of fused-ring (bicyclic) bond motifs is 1. The van der Waals surface area contributed by atoms with Crippen molar-refractivity contribution in [2.75, 3.05) is 24.4 Å². The Morgan fingerprint density at radius 3 is 2.49 bits per heavy atom. The Kier molecular flexibility index (Phi) is 7.33. The van der Waals surface area contributed by atoms with Gasteiger partial charge in [-0.15, -0.1) is 0 Å². The number of aryl methyl sites for hydroxylation is 1. The minimum Gasteiger partial charge on any atom is -0.497 e. The fourth-order valence-corrected chi connectivity index (χ4v) is 4.54. The number of amides is 3. The number of nitrogens with two attached hydrogens (primary N) is 1. The first-order valence-electron chi connectivity index (χ1n) is 11.9. The molecule has 1 aliphatic carbocycles. The molecule has 4 rings (SSSR count). The van der Waals surface area contributed by atoms with Gasteiger partial charge >= 0.3 is 0 Å². The van der Waals surface area contributed by atoms with E-state index in [2.05, 4.69) is 10.3 Å². The van der Waals surface area contributed by atoms with Gasteiger partial charge in [0.25, 0.3) is 5.91 Å². The zero-order chi connectivity index (χ0) is 24.9. The van der Waals surface area contributed by atoms with Crippen LogP contribution in [0.2, 0.25) is 0 Å². The number of carbonyl (C=O) groups excluding carboxylic acids is 3. The van der Waals surface area contributed by atoms with Gasteiger partial charge in [-0.2, -0.15) is 0 Å². The maximum Gasteiger partial charge on any atom is 0.257 e. The molecule has 2 aromatic carbocycles. The second-order valence-corrected chi connectivity index (χ2v) is 8.89. The van der Waals surface area contributed by atoms with Gasteiger partial charge in [-0.25, -0.2) is 4.98 Å². The smallest absolute Gasteiger partial charge is 0.257 e. The van der Waals surface area contributed by atoms with Crippen molar-refractivity contribution in [3.8, 4) is 5.75 Å². The zero-order valence-corrected chi connectivity index (χ0v) is 20.1. The van der Waals surface area contributed by atoms with Crippen LogP contribution in [0.15, 0.2) is 42.5 Å². The van der Waals surface area contributed by atoms with Crippen molar-refractivity contribution in [3.63, 3.8) is 0 Å². The van der Waals surface area contributed by atoms with Gasteiger partial charge in [-0.3, -0.25) is 19.7 Å². The predicted molar refractivity (Wildman–Crippen MR) is 134 cm³/mol. The summed E-state index contributed by atoms with van der Waals surface area (Å²) in [5.74, 6) is 0.333. The highest BCUT2D eigenvalue weighted by molar-refractivity contribution is 6.04. The molecule has 9 heteroatoms. The lowest BCUT2D eigenvalue weighted by molar-refractivity contribution is -0.123. The number of hydrogen-bond acceptors (Lipinski definition) is 5. The van der Waals surface area contributed by atoms with E-state index in [1.807, 2.05) is 18.2 Å². The van der Waals surface area contributed by atoms with E-state index in [9.17, 15) is 14.4 Å². The number of imidazole rings is 1. The molecule has 0 radical (unpaired) electrons. The number of nitrogens with one attached hydrogen (secondary N) is 1. The van der Waals surface area contributed by atoms with E-state index < -0.39 is 5.91 Å². The molecule has 3 aromatic rings. The van der Waals surface area contributed by atoms with E-state index in [0.717, 1.165) is 36.9 Å². The van der Waals surface area contributed by atoms with Crippen LogP contribution in [-0.2, 0) is 16.1 Å². The molecule has 0 bridgehead atoms. The highest BCUT2D eigenvalue weighted by Crippen LogP contribution is 2.29. The molecule has 35 heavy (non-hydrogen) atoms. The van der Waals surface area contributed by atoms with Crippen LogP contribution in [0, 0.1) is 5.92 Å². The van der Waals surface area contributed by atoms with Crippen molar-refractivity contribution in [1.29, 1.82) is 0 Å². The number of anilines is 2. The van der Waals surface area contributed by atoms with Crippen LogP contribution in [0.3, 0.4) is 0 Å². The molecular weight excluding hydrogens is 447 g/mol. The van der Waals surface area contributed by atoms with E-state index in [0.29, 0.717) is 22.8 Å². The quantitative estimate of drug-likeness (QED) is 0.478. The average molecular weight is 479 g/mol. The molecule has 0 saturated heterocycles.